The topological polar surface area (TPSA) is 49.3 Å². The molecule has 1 aromatic rings. The van der Waals surface area contributed by atoms with E-state index in [-0.39, 0.29) is 0 Å². The Hall–Kier alpha value is -1.63. The maximum Gasteiger partial charge on any atom is 0.403 e. The van der Waals surface area contributed by atoms with Crippen molar-refractivity contribution in [3.8, 4) is 0 Å². The highest BCUT2D eigenvalue weighted by molar-refractivity contribution is 5.71. The van der Waals surface area contributed by atoms with Gasteiger partial charge in [0.05, 0.1) is 0 Å². The minimum atomic E-state index is -4.80. The summed E-state index contributed by atoms with van der Waals surface area (Å²) in [7, 11) is 0. The van der Waals surface area contributed by atoms with Crippen LogP contribution in [0.2, 0.25) is 0 Å². The third-order valence-corrected chi connectivity index (χ3v) is 2.69. The molecular weight excluding hydrogens is 266 g/mol. The lowest BCUT2D eigenvalue weighted by molar-refractivity contribution is -0.192. The Morgan fingerprint density at radius 2 is 1.84 bits per heavy atom. The van der Waals surface area contributed by atoms with E-state index in [0.29, 0.717) is 5.56 Å². The number of hydrogen-bond acceptors (Lipinski definition) is 2. The average molecular weight is 279 g/mol. The third-order valence-electron chi connectivity index (χ3n) is 2.69. The van der Waals surface area contributed by atoms with E-state index >= 15 is 0 Å². The Balaban J connectivity index is 2.64. The van der Waals surface area contributed by atoms with Crippen LogP contribution in [0.25, 0.3) is 0 Å². The molecule has 0 aliphatic rings. The molecule has 19 heavy (non-hydrogen) atoms. The van der Waals surface area contributed by atoms with Crippen molar-refractivity contribution in [2.24, 2.45) is 5.92 Å². The van der Waals surface area contributed by atoms with Crippen molar-refractivity contribution in [1.82, 2.24) is 5.32 Å². The molecule has 1 aromatic carbocycles. The molecule has 2 N–H and O–H groups in total. The van der Waals surface area contributed by atoms with E-state index in [1.165, 1.54) is 24.3 Å². The quantitative estimate of drug-likeness (QED) is 0.815. The van der Waals surface area contributed by atoms with E-state index in [2.05, 4.69) is 5.32 Å². The number of halogens is 4. The number of benzene rings is 1. The van der Waals surface area contributed by atoms with Crippen molar-refractivity contribution < 1.29 is 27.5 Å². The van der Waals surface area contributed by atoms with Gasteiger partial charge in [0.15, 0.2) is 5.92 Å². The van der Waals surface area contributed by atoms with Gasteiger partial charge in [-0.15, -0.1) is 0 Å². The molecule has 0 saturated carbocycles. The monoisotopic (exact) mass is 279 g/mol. The second kappa shape index (κ2) is 6.01. The van der Waals surface area contributed by atoms with Crippen LogP contribution >= 0.6 is 0 Å². The average Bonchev–Trinajstić information content (AvgIpc) is 2.27. The fraction of sp³-hybridized carbons (Fsp3) is 0.417. The Bertz CT molecular complexity index is 430. The van der Waals surface area contributed by atoms with Gasteiger partial charge in [0, 0.05) is 12.6 Å². The predicted octanol–water partition coefficient (Wildman–Crippen LogP) is 2.74. The first-order chi connectivity index (χ1) is 8.71. The summed E-state index contributed by atoms with van der Waals surface area (Å²) in [6.45, 7) is 0.833. The van der Waals surface area contributed by atoms with Crippen LogP contribution in [0.1, 0.15) is 18.5 Å². The fourth-order valence-electron chi connectivity index (χ4n) is 1.51. The van der Waals surface area contributed by atoms with Crippen molar-refractivity contribution in [1.29, 1.82) is 0 Å². The second-order valence-electron chi connectivity index (χ2n) is 4.11. The zero-order valence-electron chi connectivity index (χ0n) is 10.0. The molecule has 0 spiro atoms. The summed E-state index contributed by atoms with van der Waals surface area (Å²) in [5.74, 6) is -4.84. The molecule has 3 nitrogen and oxygen atoms in total. The molecule has 1 unspecified atom stereocenters. The molecule has 0 heterocycles. The molecule has 0 fully saturated rings. The molecule has 0 aliphatic carbocycles. The van der Waals surface area contributed by atoms with Crippen LogP contribution in [0, 0.1) is 11.7 Å². The van der Waals surface area contributed by atoms with Gasteiger partial charge in [-0.25, -0.2) is 4.39 Å². The molecule has 0 aromatic heterocycles. The molecule has 106 valence electrons. The zero-order valence-corrected chi connectivity index (χ0v) is 10.0. The van der Waals surface area contributed by atoms with E-state index in [4.69, 9.17) is 5.11 Å². The van der Waals surface area contributed by atoms with Gasteiger partial charge in [-0.1, -0.05) is 12.1 Å². The number of hydrogen-bond donors (Lipinski definition) is 2. The first-order valence-electron chi connectivity index (χ1n) is 5.50. The van der Waals surface area contributed by atoms with Crippen LogP contribution < -0.4 is 5.32 Å². The van der Waals surface area contributed by atoms with Gasteiger partial charge in [0.2, 0.25) is 0 Å². The summed E-state index contributed by atoms with van der Waals surface area (Å²) in [4.78, 5) is 10.5. The lowest BCUT2D eigenvalue weighted by atomic mass is 10.1. The Kier molecular flexibility index (Phi) is 4.88. The third kappa shape index (κ3) is 4.51. The maximum absolute atomic E-state index is 12.7. The van der Waals surface area contributed by atoms with Crippen LogP contribution in [-0.2, 0) is 4.79 Å². The fourth-order valence-corrected chi connectivity index (χ4v) is 1.51. The predicted molar refractivity (Wildman–Crippen MR) is 60.0 cm³/mol. The summed E-state index contributed by atoms with van der Waals surface area (Å²) in [5, 5.41) is 11.0. The van der Waals surface area contributed by atoms with Gasteiger partial charge in [0.1, 0.15) is 5.82 Å². The van der Waals surface area contributed by atoms with Crippen LogP contribution in [0.15, 0.2) is 24.3 Å². The summed E-state index contributed by atoms with van der Waals surface area (Å²) >= 11 is 0. The minimum Gasteiger partial charge on any atom is -0.481 e. The van der Waals surface area contributed by atoms with Gasteiger partial charge in [-0.2, -0.15) is 13.2 Å². The Morgan fingerprint density at radius 3 is 2.26 bits per heavy atom. The summed E-state index contributed by atoms with van der Waals surface area (Å²) in [6, 6.07) is 4.72. The van der Waals surface area contributed by atoms with Gasteiger partial charge in [-0.3, -0.25) is 4.79 Å². The van der Waals surface area contributed by atoms with Crippen LogP contribution in [0.4, 0.5) is 17.6 Å². The molecule has 0 bridgehead atoms. The largest absolute Gasteiger partial charge is 0.481 e. The first kappa shape index (κ1) is 15.4. The van der Waals surface area contributed by atoms with Crippen LogP contribution in [-0.4, -0.2) is 23.8 Å². The number of carbonyl (C=O) groups is 1. The summed E-state index contributed by atoms with van der Waals surface area (Å²) in [5.41, 5.74) is 0.577. The highest BCUT2D eigenvalue weighted by Gasteiger charge is 2.44. The standard InChI is InChI=1S/C12H13F4NO2/c1-7(8-2-4-9(13)5-3-8)17-6-10(11(18)19)12(14,15)16/h2-5,7,10,17H,6H2,1H3,(H,18,19)/t7-,10?/m0/s1. The van der Waals surface area contributed by atoms with E-state index < -0.39 is 36.5 Å². The van der Waals surface area contributed by atoms with Crippen molar-refractivity contribution in [2.75, 3.05) is 6.54 Å². The molecular formula is C12H13F4NO2. The second-order valence-corrected chi connectivity index (χ2v) is 4.11. The first-order valence-corrected chi connectivity index (χ1v) is 5.50. The van der Waals surface area contributed by atoms with Crippen LogP contribution in [0.3, 0.4) is 0 Å². The number of aliphatic carboxylic acids is 1. The van der Waals surface area contributed by atoms with E-state index in [9.17, 15) is 22.4 Å². The van der Waals surface area contributed by atoms with Crippen LogP contribution in [0.5, 0.6) is 0 Å². The minimum absolute atomic E-state index is 0.449. The van der Waals surface area contributed by atoms with Crippen molar-refractivity contribution in [3.63, 3.8) is 0 Å². The number of nitrogens with one attached hydrogen (secondary N) is 1. The van der Waals surface area contributed by atoms with E-state index in [0.717, 1.165) is 0 Å². The summed E-state index contributed by atoms with van der Waals surface area (Å²) < 4.78 is 49.9. The smallest absolute Gasteiger partial charge is 0.403 e. The van der Waals surface area contributed by atoms with Crippen molar-refractivity contribution in [3.05, 3.63) is 35.6 Å². The number of alkyl halides is 3. The van der Waals surface area contributed by atoms with E-state index in [1.54, 1.807) is 6.92 Å². The Labute approximate surface area is 107 Å². The molecule has 0 aliphatic heterocycles. The molecule has 2 atom stereocenters. The SMILES string of the molecule is C[C@H](NCC(C(=O)O)C(F)(F)F)c1ccc(F)cc1. The van der Waals surface area contributed by atoms with Gasteiger partial charge < -0.3 is 10.4 Å². The number of carboxylic acid groups (broad SMARTS) is 1. The molecule has 7 heteroatoms. The molecule has 0 amide bonds. The lowest BCUT2D eigenvalue weighted by Gasteiger charge is -2.20. The maximum atomic E-state index is 12.7. The lowest BCUT2D eigenvalue weighted by Crippen LogP contribution is -2.39. The van der Waals surface area contributed by atoms with Gasteiger partial charge in [-0.05, 0) is 24.6 Å². The number of carboxylic acids is 1. The van der Waals surface area contributed by atoms with E-state index in [1.807, 2.05) is 0 Å². The van der Waals surface area contributed by atoms with Crippen molar-refractivity contribution >= 4 is 5.97 Å². The van der Waals surface area contributed by atoms with Gasteiger partial charge >= 0.3 is 12.1 Å². The van der Waals surface area contributed by atoms with Gasteiger partial charge in [0.25, 0.3) is 0 Å². The highest BCUT2D eigenvalue weighted by Crippen LogP contribution is 2.26. The normalized spacial score (nSPS) is 15.0. The molecule has 0 saturated heterocycles. The highest BCUT2D eigenvalue weighted by atomic mass is 19.4. The number of rotatable bonds is 5. The van der Waals surface area contributed by atoms with Crippen molar-refractivity contribution in [2.45, 2.75) is 19.1 Å². The Morgan fingerprint density at radius 1 is 1.32 bits per heavy atom. The zero-order chi connectivity index (χ0) is 14.6. The summed E-state index contributed by atoms with van der Waals surface area (Å²) in [6.07, 6.45) is -4.80. The molecule has 0 radical (unpaired) electrons. The molecule has 1 rings (SSSR count).